The third-order valence-corrected chi connectivity index (χ3v) is 4.27. The van der Waals surface area contributed by atoms with Crippen molar-refractivity contribution >= 4 is 10.9 Å². The highest BCUT2D eigenvalue weighted by Crippen LogP contribution is 2.16. The second kappa shape index (κ2) is 8.70. The standard InChI is InChI=1S/C21H26N4/c1-24(2)13-6-14-25(17-20-8-3-4-11-22-20)16-18-9-10-21-19(15-18)7-5-12-23-21/h3-5,7-12,15H,6,13-14,16-17H2,1-2H3. The van der Waals surface area contributed by atoms with Crippen LogP contribution in [0.25, 0.3) is 10.9 Å². The van der Waals surface area contributed by atoms with Crippen molar-refractivity contribution in [3.8, 4) is 0 Å². The van der Waals surface area contributed by atoms with Crippen LogP contribution in [0.15, 0.2) is 60.9 Å². The summed E-state index contributed by atoms with van der Waals surface area (Å²) in [6.07, 6.45) is 4.86. The molecule has 3 aromatic rings. The minimum atomic E-state index is 0.874. The fraction of sp³-hybridized carbons (Fsp3) is 0.333. The molecular formula is C21H26N4. The van der Waals surface area contributed by atoms with Crippen LogP contribution in [0.5, 0.6) is 0 Å². The maximum atomic E-state index is 4.49. The monoisotopic (exact) mass is 334 g/mol. The molecule has 4 heteroatoms. The van der Waals surface area contributed by atoms with Gasteiger partial charge in [0.15, 0.2) is 0 Å². The van der Waals surface area contributed by atoms with Crippen molar-refractivity contribution in [3.05, 3.63) is 72.2 Å². The summed E-state index contributed by atoms with van der Waals surface area (Å²) in [6.45, 7) is 3.95. The molecule has 0 radical (unpaired) electrons. The quantitative estimate of drug-likeness (QED) is 0.630. The summed E-state index contributed by atoms with van der Waals surface area (Å²) in [5.74, 6) is 0. The van der Waals surface area contributed by atoms with E-state index in [2.05, 4.69) is 70.3 Å². The minimum absolute atomic E-state index is 0.874. The SMILES string of the molecule is CN(C)CCCN(Cc1ccc2ncccc2c1)Cc1ccccn1. The van der Waals surface area contributed by atoms with Crippen LogP contribution in [0.2, 0.25) is 0 Å². The Hall–Kier alpha value is -2.30. The van der Waals surface area contributed by atoms with Crippen LogP contribution in [0.3, 0.4) is 0 Å². The Bertz CT molecular complexity index is 786. The zero-order valence-electron chi connectivity index (χ0n) is 15.1. The van der Waals surface area contributed by atoms with Gasteiger partial charge in [-0.3, -0.25) is 14.9 Å². The molecule has 0 aliphatic rings. The maximum Gasteiger partial charge on any atom is 0.0702 e. The summed E-state index contributed by atoms with van der Waals surface area (Å²) >= 11 is 0. The van der Waals surface area contributed by atoms with E-state index in [4.69, 9.17) is 0 Å². The van der Waals surface area contributed by atoms with Gasteiger partial charge in [-0.25, -0.2) is 0 Å². The average molecular weight is 334 g/mol. The molecule has 2 aromatic heterocycles. The molecule has 25 heavy (non-hydrogen) atoms. The Morgan fingerprint density at radius 3 is 2.52 bits per heavy atom. The third-order valence-electron chi connectivity index (χ3n) is 4.27. The summed E-state index contributed by atoms with van der Waals surface area (Å²) in [5.41, 5.74) is 3.49. The highest BCUT2D eigenvalue weighted by atomic mass is 15.1. The summed E-state index contributed by atoms with van der Waals surface area (Å²) in [4.78, 5) is 13.6. The van der Waals surface area contributed by atoms with Crippen molar-refractivity contribution in [2.75, 3.05) is 27.2 Å². The van der Waals surface area contributed by atoms with Gasteiger partial charge >= 0.3 is 0 Å². The normalized spacial score (nSPS) is 11.5. The molecule has 0 aliphatic heterocycles. The molecule has 1 aromatic carbocycles. The second-order valence-corrected chi connectivity index (χ2v) is 6.72. The van der Waals surface area contributed by atoms with Gasteiger partial charge < -0.3 is 4.90 Å². The van der Waals surface area contributed by atoms with Crippen LogP contribution < -0.4 is 0 Å². The number of nitrogens with zero attached hydrogens (tertiary/aromatic N) is 4. The number of aromatic nitrogens is 2. The third kappa shape index (κ3) is 5.34. The van der Waals surface area contributed by atoms with E-state index < -0.39 is 0 Å². The van der Waals surface area contributed by atoms with E-state index >= 15 is 0 Å². The van der Waals surface area contributed by atoms with E-state index in [0.717, 1.165) is 43.8 Å². The van der Waals surface area contributed by atoms with Gasteiger partial charge in [-0.05, 0) is 63.0 Å². The minimum Gasteiger partial charge on any atom is -0.309 e. The lowest BCUT2D eigenvalue weighted by molar-refractivity contribution is 0.237. The van der Waals surface area contributed by atoms with Crippen molar-refractivity contribution in [2.45, 2.75) is 19.5 Å². The van der Waals surface area contributed by atoms with Crippen LogP contribution in [0.1, 0.15) is 17.7 Å². The van der Waals surface area contributed by atoms with E-state index in [1.165, 1.54) is 10.9 Å². The number of fused-ring (bicyclic) bond motifs is 1. The van der Waals surface area contributed by atoms with E-state index in [1.54, 1.807) is 0 Å². The fourth-order valence-electron chi connectivity index (χ4n) is 3.03. The topological polar surface area (TPSA) is 32.3 Å². The summed E-state index contributed by atoms with van der Waals surface area (Å²) in [7, 11) is 4.25. The van der Waals surface area contributed by atoms with Crippen molar-refractivity contribution < 1.29 is 0 Å². The highest BCUT2D eigenvalue weighted by Gasteiger charge is 2.09. The lowest BCUT2D eigenvalue weighted by Gasteiger charge is -2.23. The average Bonchev–Trinajstić information content (AvgIpc) is 2.62. The Morgan fingerprint density at radius 2 is 1.72 bits per heavy atom. The number of benzene rings is 1. The Labute approximate surface area is 150 Å². The predicted octanol–water partition coefficient (Wildman–Crippen LogP) is 3.58. The molecule has 0 saturated heterocycles. The van der Waals surface area contributed by atoms with E-state index in [-0.39, 0.29) is 0 Å². The number of pyridine rings is 2. The number of rotatable bonds is 8. The van der Waals surface area contributed by atoms with Crippen LogP contribution in [-0.4, -0.2) is 47.0 Å². The molecule has 0 aliphatic carbocycles. The van der Waals surface area contributed by atoms with E-state index in [1.807, 2.05) is 24.5 Å². The molecule has 0 fully saturated rings. The van der Waals surface area contributed by atoms with Crippen molar-refractivity contribution in [2.24, 2.45) is 0 Å². The molecule has 130 valence electrons. The zero-order chi connectivity index (χ0) is 17.5. The van der Waals surface area contributed by atoms with Crippen LogP contribution in [0, 0.1) is 0 Å². The van der Waals surface area contributed by atoms with Crippen LogP contribution in [0.4, 0.5) is 0 Å². The van der Waals surface area contributed by atoms with Gasteiger partial charge in [0.05, 0.1) is 11.2 Å². The van der Waals surface area contributed by atoms with Gasteiger partial charge in [-0.1, -0.05) is 18.2 Å². The molecular weight excluding hydrogens is 308 g/mol. The first kappa shape index (κ1) is 17.5. The van der Waals surface area contributed by atoms with Crippen molar-refractivity contribution in [1.29, 1.82) is 0 Å². The predicted molar refractivity (Wildman–Crippen MR) is 103 cm³/mol. The number of hydrogen-bond acceptors (Lipinski definition) is 4. The van der Waals surface area contributed by atoms with Gasteiger partial charge in [0.1, 0.15) is 0 Å². The maximum absolute atomic E-state index is 4.49. The van der Waals surface area contributed by atoms with Gasteiger partial charge in [-0.2, -0.15) is 0 Å². The van der Waals surface area contributed by atoms with E-state index in [9.17, 15) is 0 Å². The summed E-state index contributed by atoms with van der Waals surface area (Å²) in [6, 6.07) is 16.8. The molecule has 3 rings (SSSR count). The molecule has 0 bridgehead atoms. The zero-order valence-corrected chi connectivity index (χ0v) is 15.1. The molecule has 2 heterocycles. The first-order valence-electron chi connectivity index (χ1n) is 8.81. The lowest BCUT2D eigenvalue weighted by Crippen LogP contribution is -2.27. The second-order valence-electron chi connectivity index (χ2n) is 6.72. The number of hydrogen-bond donors (Lipinski definition) is 0. The first-order valence-corrected chi connectivity index (χ1v) is 8.81. The molecule has 4 nitrogen and oxygen atoms in total. The van der Waals surface area contributed by atoms with Crippen molar-refractivity contribution in [3.63, 3.8) is 0 Å². The largest absolute Gasteiger partial charge is 0.309 e. The van der Waals surface area contributed by atoms with Crippen molar-refractivity contribution in [1.82, 2.24) is 19.8 Å². The molecule has 0 amide bonds. The van der Waals surface area contributed by atoms with Gasteiger partial charge in [0.2, 0.25) is 0 Å². The van der Waals surface area contributed by atoms with Gasteiger partial charge in [-0.15, -0.1) is 0 Å². The Balaban J connectivity index is 1.72. The van der Waals surface area contributed by atoms with E-state index in [0.29, 0.717) is 0 Å². The summed E-state index contributed by atoms with van der Waals surface area (Å²) in [5, 5.41) is 1.20. The smallest absolute Gasteiger partial charge is 0.0702 e. The Kier molecular flexibility index (Phi) is 6.09. The highest BCUT2D eigenvalue weighted by molar-refractivity contribution is 5.78. The van der Waals surface area contributed by atoms with Crippen LogP contribution in [-0.2, 0) is 13.1 Å². The lowest BCUT2D eigenvalue weighted by atomic mass is 10.1. The Morgan fingerprint density at radius 1 is 0.840 bits per heavy atom. The van der Waals surface area contributed by atoms with Crippen LogP contribution >= 0.6 is 0 Å². The van der Waals surface area contributed by atoms with Gasteiger partial charge in [0, 0.05) is 37.4 Å². The summed E-state index contributed by atoms with van der Waals surface area (Å²) < 4.78 is 0. The molecule has 0 spiro atoms. The molecule has 0 N–H and O–H groups in total. The molecule has 0 atom stereocenters. The first-order chi connectivity index (χ1) is 12.2. The van der Waals surface area contributed by atoms with Gasteiger partial charge in [0.25, 0.3) is 0 Å². The molecule has 0 saturated carbocycles. The molecule has 0 unspecified atom stereocenters. The fourth-order valence-corrected chi connectivity index (χ4v) is 3.03.